The molecule has 0 atom stereocenters. The number of hydrogen-bond donors (Lipinski definition) is 0. The normalized spacial score (nSPS) is 15.5. The van der Waals surface area contributed by atoms with Crippen LogP contribution in [-0.4, -0.2) is 61.4 Å². The predicted molar refractivity (Wildman–Crippen MR) is 165 cm³/mol. The van der Waals surface area contributed by atoms with Crippen molar-refractivity contribution in [3.05, 3.63) is 120 Å². The maximum atomic E-state index is 15.5. The lowest BCUT2D eigenvalue weighted by molar-refractivity contribution is -0.305. The van der Waals surface area contributed by atoms with Crippen molar-refractivity contribution in [3.63, 3.8) is 0 Å². The van der Waals surface area contributed by atoms with E-state index in [1.807, 2.05) is 17.0 Å². The molecule has 1 fully saturated rings. The first-order chi connectivity index (χ1) is 21.4. The van der Waals surface area contributed by atoms with Crippen molar-refractivity contribution in [1.29, 1.82) is 0 Å². The molecule has 0 aromatic heterocycles. The van der Waals surface area contributed by atoms with Crippen LogP contribution in [0.15, 0.2) is 134 Å². The van der Waals surface area contributed by atoms with Gasteiger partial charge in [-0.15, -0.1) is 0 Å². The fourth-order valence-corrected chi connectivity index (χ4v) is 8.43. The van der Waals surface area contributed by atoms with Gasteiger partial charge in [-0.3, -0.25) is 4.90 Å². The van der Waals surface area contributed by atoms with Crippen molar-refractivity contribution < 1.29 is 35.3 Å². The summed E-state index contributed by atoms with van der Waals surface area (Å²) in [4.78, 5) is 16.8. The smallest absolute Gasteiger partial charge is 0.397 e. The molecule has 4 nitrogen and oxygen atoms in total. The highest BCUT2D eigenvalue weighted by Gasteiger charge is 2.76. The van der Waals surface area contributed by atoms with Gasteiger partial charge in [0.1, 0.15) is 0 Å². The fourth-order valence-electron chi connectivity index (χ4n) is 5.11. The molecule has 1 aliphatic heterocycles. The summed E-state index contributed by atoms with van der Waals surface area (Å²) >= 11 is 3.33. The van der Waals surface area contributed by atoms with Gasteiger partial charge in [0.2, 0.25) is 0 Å². The summed E-state index contributed by atoms with van der Waals surface area (Å²) in [6, 6.07) is 30.7. The molecule has 0 radical (unpaired) electrons. The van der Waals surface area contributed by atoms with Gasteiger partial charge < -0.3 is 9.08 Å². The molecule has 0 amide bonds. The summed E-state index contributed by atoms with van der Waals surface area (Å²) in [6.45, 7) is -1.36. The zero-order chi connectivity index (χ0) is 32.3. The lowest BCUT2D eigenvalue weighted by Gasteiger charge is -2.42. The van der Waals surface area contributed by atoms with Crippen LogP contribution in [0.3, 0.4) is 0 Å². The van der Waals surface area contributed by atoms with E-state index in [4.69, 9.17) is 4.18 Å². The molecular weight excluding hydrogens is 682 g/mol. The van der Waals surface area contributed by atoms with Gasteiger partial charge in [0.15, 0.2) is 0 Å². The number of rotatable bonds is 10. The van der Waals surface area contributed by atoms with Gasteiger partial charge in [0.25, 0.3) is 0 Å². The molecule has 4 aromatic rings. The summed E-state index contributed by atoms with van der Waals surface area (Å²) in [5.74, 6) is -19.9. The molecule has 1 heterocycles. The Labute approximate surface area is 267 Å². The van der Waals surface area contributed by atoms with Crippen molar-refractivity contribution in [3.8, 4) is 0 Å². The van der Waals surface area contributed by atoms with Crippen molar-refractivity contribution in [2.24, 2.45) is 0 Å². The van der Waals surface area contributed by atoms with E-state index in [1.165, 1.54) is 36.4 Å². The minimum absolute atomic E-state index is 0.0684. The molecule has 0 N–H and O–H groups in total. The molecule has 1 aliphatic rings. The van der Waals surface area contributed by atoms with E-state index in [1.54, 1.807) is 66.7 Å². The summed E-state index contributed by atoms with van der Waals surface area (Å²) in [5.41, 5.74) is 0.811. The number of benzene rings is 4. The van der Waals surface area contributed by atoms with Gasteiger partial charge in [0, 0.05) is 51.0 Å². The Morgan fingerprint density at radius 2 is 1.09 bits per heavy atom. The molecule has 0 unspecified atom stereocenters. The molecule has 0 bridgehead atoms. The number of hydrogen-bond acceptors (Lipinski definition) is 4. The number of nitrogens with zero attached hydrogens (tertiary/aromatic N) is 2. The quantitative estimate of drug-likeness (QED) is 0.154. The Bertz CT molecular complexity index is 1480. The standard InChI is InChI=1S/C33H29BrF6N2O2S/c34-25-16-18-26(19-17-25)42-22-20-41(21-23-42)24-31(35,36)33(39,40)32(37,38)30(43)44-45(27-10-4-1-5-11-27,28-12-6-2-7-13-28)29-14-8-3-9-15-29/h1-19H,20-24H2. The second-order valence-electron chi connectivity index (χ2n) is 10.5. The van der Waals surface area contributed by atoms with Gasteiger partial charge >= 0.3 is 23.7 Å². The number of alkyl halides is 6. The van der Waals surface area contributed by atoms with E-state index < -0.39 is 40.6 Å². The average molecular weight is 712 g/mol. The van der Waals surface area contributed by atoms with Crippen LogP contribution in [0.25, 0.3) is 0 Å². The van der Waals surface area contributed by atoms with E-state index >= 15 is 26.3 Å². The summed E-state index contributed by atoms with van der Waals surface area (Å²) in [7, 11) is -3.41. The van der Waals surface area contributed by atoms with Crippen LogP contribution in [0.4, 0.5) is 32.0 Å². The van der Waals surface area contributed by atoms with Crippen LogP contribution in [0, 0.1) is 0 Å². The number of piperazine rings is 1. The van der Waals surface area contributed by atoms with Crippen molar-refractivity contribution in [1.82, 2.24) is 4.90 Å². The Kier molecular flexibility index (Phi) is 9.57. The first-order valence-electron chi connectivity index (χ1n) is 14.0. The highest BCUT2D eigenvalue weighted by atomic mass is 79.9. The van der Waals surface area contributed by atoms with E-state index in [0.29, 0.717) is 0 Å². The SMILES string of the molecule is O=C(OS(c1ccccc1)(c1ccccc1)c1ccccc1)C(F)(F)C(F)(F)C(F)(F)CN1CCN(c2ccc(Br)cc2)CC1. The molecule has 238 valence electrons. The molecule has 1 saturated heterocycles. The van der Waals surface area contributed by atoms with Crippen LogP contribution < -0.4 is 4.90 Å². The predicted octanol–water partition coefficient (Wildman–Crippen LogP) is 8.92. The number of anilines is 1. The van der Waals surface area contributed by atoms with Crippen molar-refractivity contribution in [2.75, 3.05) is 37.6 Å². The van der Waals surface area contributed by atoms with E-state index in [2.05, 4.69) is 15.9 Å². The Morgan fingerprint density at radius 1 is 0.667 bits per heavy atom. The lowest BCUT2D eigenvalue weighted by atomic mass is 10.0. The van der Waals surface area contributed by atoms with Gasteiger partial charge in [-0.1, -0.05) is 70.5 Å². The third kappa shape index (κ3) is 6.45. The van der Waals surface area contributed by atoms with E-state index in [9.17, 15) is 4.79 Å². The largest absolute Gasteiger partial charge is 0.411 e. The van der Waals surface area contributed by atoms with E-state index in [0.717, 1.165) is 15.1 Å². The molecule has 45 heavy (non-hydrogen) atoms. The average Bonchev–Trinajstić information content (AvgIpc) is 3.05. The van der Waals surface area contributed by atoms with Gasteiger partial charge in [0.05, 0.1) is 6.54 Å². The van der Waals surface area contributed by atoms with Gasteiger partial charge in [-0.2, -0.15) is 26.3 Å². The zero-order valence-corrected chi connectivity index (χ0v) is 26.2. The molecule has 5 rings (SSSR count). The highest BCUT2D eigenvalue weighted by Crippen LogP contribution is 2.70. The fraction of sp³-hybridized carbons (Fsp3) is 0.242. The second kappa shape index (κ2) is 13.1. The maximum Gasteiger partial charge on any atom is 0.411 e. The number of halogens is 7. The van der Waals surface area contributed by atoms with Crippen LogP contribution in [-0.2, 0) is 8.98 Å². The molecule has 0 aliphatic carbocycles. The van der Waals surface area contributed by atoms with Gasteiger partial charge in [-0.25, -0.2) is 4.79 Å². The Hall–Kier alpha value is -3.48. The van der Waals surface area contributed by atoms with Crippen LogP contribution in [0.2, 0.25) is 0 Å². The monoisotopic (exact) mass is 710 g/mol. The van der Waals surface area contributed by atoms with Crippen molar-refractivity contribution >= 4 is 37.9 Å². The van der Waals surface area contributed by atoms with Crippen LogP contribution in [0.1, 0.15) is 0 Å². The molecule has 0 saturated carbocycles. The summed E-state index contributed by atoms with van der Waals surface area (Å²) in [5, 5.41) is 0. The molecule has 12 heteroatoms. The lowest BCUT2D eigenvalue weighted by Crippen LogP contribution is -2.63. The first kappa shape index (κ1) is 32.9. The number of carbonyl (C=O) groups is 1. The Morgan fingerprint density at radius 3 is 1.51 bits per heavy atom. The third-order valence-electron chi connectivity index (χ3n) is 7.52. The minimum Gasteiger partial charge on any atom is -0.397 e. The molecule has 4 aromatic carbocycles. The zero-order valence-electron chi connectivity index (χ0n) is 23.8. The summed E-state index contributed by atoms with van der Waals surface area (Å²) in [6.07, 6.45) is 0. The summed E-state index contributed by atoms with van der Waals surface area (Å²) < 4.78 is 98.4. The highest BCUT2D eigenvalue weighted by molar-refractivity contribution is 9.10. The van der Waals surface area contributed by atoms with Crippen molar-refractivity contribution in [2.45, 2.75) is 32.5 Å². The minimum atomic E-state index is -6.06. The van der Waals surface area contributed by atoms with Gasteiger partial charge in [-0.05, 0) is 71.0 Å². The molecular formula is C33H29BrF6N2O2S. The first-order valence-corrected chi connectivity index (χ1v) is 16.3. The second-order valence-corrected chi connectivity index (χ2v) is 14.1. The number of carbonyl (C=O) groups excluding carboxylic acids is 1. The van der Waals surface area contributed by atoms with E-state index in [-0.39, 0.29) is 40.9 Å². The maximum absolute atomic E-state index is 15.5. The van der Waals surface area contributed by atoms with Crippen LogP contribution >= 0.6 is 26.2 Å². The Balaban J connectivity index is 1.41. The molecule has 0 spiro atoms. The van der Waals surface area contributed by atoms with Crippen LogP contribution in [0.5, 0.6) is 0 Å². The topological polar surface area (TPSA) is 32.8 Å². The third-order valence-corrected chi connectivity index (χ3v) is 11.3.